The Hall–Kier alpha value is -5.68. The molecule has 5 heteroatoms. The smallest absolute Gasteiger partial charge is 0.268 e. The van der Waals surface area contributed by atoms with E-state index in [0.717, 1.165) is 50.8 Å². The topological polar surface area (TPSA) is 26.8 Å². The summed E-state index contributed by atoms with van der Waals surface area (Å²) in [7, 11) is 1.95. The maximum absolute atomic E-state index is 6.29. The molecule has 5 aromatic carbocycles. The fourth-order valence-corrected chi connectivity index (χ4v) is 5.17. The molecule has 0 aliphatic carbocycles. The van der Waals surface area contributed by atoms with Crippen molar-refractivity contribution in [1.82, 2.24) is 9.13 Å². The van der Waals surface area contributed by atoms with Gasteiger partial charge >= 0.3 is 0 Å². The van der Waals surface area contributed by atoms with Crippen molar-refractivity contribution in [2.24, 2.45) is 7.05 Å². The highest BCUT2D eigenvalue weighted by atomic mass is 16.5. The van der Waals surface area contributed by atoms with Gasteiger partial charge in [0, 0.05) is 24.8 Å². The third-order valence-corrected chi connectivity index (χ3v) is 7.16. The number of ether oxygens (including phenoxy) is 1. The van der Waals surface area contributed by atoms with Gasteiger partial charge in [-0.15, -0.1) is 0 Å². The summed E-state index contributed by atoms with van der Waals surface area (Å²) >= 11 is 0. The lowest BCUT2D eigenvalue weighted by Gasteiger charge is -2.16. The minimum absolute atomic E-state index is 0.745. The van der Waals surface area contributed by atoms with Crippen molar-refractivity contribution in [1.29, 1.82) is 0 Å². The lowest BCUT2D eigenvalue weighted by molar-refractivity contribution is -0.674. The first-order chi connectivity index (χ1) is 20.7. The molecule has 0 aliphatic rings. The monoisotopic (exact) mass is 544 g/mol. The van der Waals surface area contributed by atoms with Crippen LogP contribution in [0.1, 0.15) is 0 Å². The predicted octanol–water partition coefficient (Wildman–Crippen LogP) is 7.10. The Bertz CT molecular complexity index is 1910. The number of hydrogen-bond acceptors (Lipinski definition) is 1. The number of para-hydroxylation sites is 1. The van der Waals surface area contributed by atoms with E-state index in [1.54, 1.807) is 0 Å². The fourth-order valence-electron chi connectivity index (χ4n) is 5.17. The minimum Gasteiger partial charge on any atom is -0.459 e. The van der Waals surface area contributed by atoms with Crippen molar-refractivity contribution in [2.75, 3.05) is 0 Å². The van der Waals surface area contributed by atoms with Crippen LogP contribution in [0.5, 0.6) is 11.5 Å². The summed E-state index contributed by atoms with van der Waals surface area (Å²) in [5.41, 5.74) is 7.60. The Labute approximate surface area is 245 Å². The molecule has 7 aromatic rings. The lowest BCUT2D eigenvalue weighted by Crippen LogP contribution is -2.30. The Balaban J connectivity index is 1.24. The first kappa shape index (κ1) is 25.3. The van der Waals surface area contributed by atoms with Gasteiger partial charge < -0.3 is 13.9 Å². The van der Waals surface area contributed by atoms with Gasteiger partial charge in [0.1, 0.15) is 11.5 Å². The number of aryl methyl sites for hydroxylation is 1. The quantitative estimate of drug-likeness (QED) is 0.155. The third kappa shape index (κ3) is 5.11. The lowest BCUT2D eigenvalue weighted by atomic mass is 9.96. The predicted molar refractivity (Wildman–Crippen MR) is 163 cm³/mol. The van der Waals surface area contributed by atoms with Gasteiger partial charge in [0.05, 0.1) is 24.1 Å². The molecule has 2 heterocycles. The average molecular weight is 545 g/mol. The van der Waals surface area contributed by atoms with Gasteiger partial charge in [0.15, 0.2) is 0 Å². The third-order valence-electron chi connectivity index (χ3n) is 7.16. The number of nitrogens with zero attached hydrogens (tertiary/aromatic N) is 4. The molecule has 0 atom stereocenters. The van der Waals surface area contributed by atoms with Crippen molar-refractivity contribution < 1.29 is 13.9 Å². The summed E-state index contributed by atoms with van der Waals surface area (Å²) in [6, 6.07) is 43.5. The van der Waals surface area contributed by atoms with Crippen molar-refractivity contribution in [2.45, 2.75) is 0 Å². The summed E-state index contributed by atoms with van der Waals surface area (Å²) in [5.74, 6) is 1.50. The van der Waals surface area contributed by atoms with Crippen LogP contribution >= 0.6 is 0 Å². The second kappa shape index (κ2) is 11.1. The van der Waals surface area contributed by atoms with Crippen molar-refractivity contribution in [3.63, 3.8) is 0 Å². The number of aromatic nitrogens is 4. The van der Waals surface area contributed by atoms with E-state index in [2.05, 4.69) is 96.2 Å². The highest BCUT2D eigenvalue weighted by Crippen LogP contribution is 2.33. The molecule has 0 saturated heterocycles. The number of hydrogen-bond donors (Lipinski definition) is 0. The highest BCUT2D eigenvalue weighted by Gasteiger charge is 2.15. The Kier molecular flexibility index (Phi) is 6.66. The van der Waals surface area contributed by atoms with Gasteiger partial charge in [0.2, 0.25) is 6.33 Å². The van der Waals surface area contributed by atoms with Crippen molar-refractivity contribution >= 4 is 0 Å². The molecule has 0 amide bonds. The minimum atomic E-state index is 0.745. The molecule has 0 saturated carbocycles. The fraction of sp³-hybridized carbons (Fsp3) is 0.0270. The van der Waals surface area contributed by atoms with Gasteiger partial charge in [-0.25, -0.2) is 0 Å². The second-order valence-electron chi connectivity index (χ2n) is 10.0. The summed E-state index contributed by atoms with van der Waals surface area (Å²) in [4.78, 5) is 0. The molecule has 7 rings (SSSR count). The number of imidazole rings is 2. The van der Waals surface area contributed by atoms with E-state index in [-0.39, 0.29) is 0 Å². The zero-order valence-electron chi connectivity index (χ0n) is 23.1. The van der Waals surface area contributed by atoms with E-state index in [9.17, 15) is 0 Å². The SMILES string of the molecule is C[n+]1[c-]n(-c2cccc(Oc3cccc(-n4[c-][n+](-c5c(-c6ccccc6)cccc5-c5ccccc5)cc4)c3)c2)cc1. The van der Waals surface area contributed by atoms with Crippen LogP contribution in [0, 0.1) is 12.7 Å². The Morgan fingerprint density at radius 3 is 1.62 bits per heavy atom. The van der Waals surface area contributed by atoms with E-state index in [0.29, 0.717) is 0 Å². The van der Waals surface area contributed by atoms with Crippen LogP contribution in [0.25, 0.3) is 39.3 Å². The van der Waals surface area contributed by atoms with Gasteiger partial charge in [-0.1, -0.05) is 97.1 Å². The van der Waals surface area contributed by atoms with Gasteiger partial charge in [-0.2, -0.15) is 0 Å². The summed E-state index contributed by atoms with van der Waals surface area (Å²) in [5, 5.41) is 0. The highest BCUT2D eigenvalue weighted by molar-refractivity contribution is 5.82. The van der Waals surface area contributed by atoms with Crippen molar-refractivity contribution in [3.8, 4) is 50.8 Å². The van der Waals surface area contributed by atoms with Crippen LogP contribution in [0.4, 0.5) is 0 Å². The molecule has 0 unspecified atom stereocenters. The molecule has 2 aromatic heterocycles. The maximum atomic E-state index is 6.29. The number of rotatable bonds is 7. The molecule has 0 spiro atoms. The Morgan fingerprint density at radius 1 is 0.548 bits per heavy atom. The summed E-state index contributed by atoms with van der Waals surface area (Å²) < 4.78 is 14.2. The molecule has 202 valence electrons. The standard InChI is InChI=1S/C37H28N4O/c1-38-21-22-39(27-38)31-15-8-17-33(25-31)42-34-18-9-16-32(26-34)40-23-24-41(28-40)37-35(29-11-4-2-5-12-29)19-10-20-36(37)30-13-6-3-7-14-30/h2-26H,1H3. The maximum Gasteiger partial charge on any atom is 0.268 e. The van der Waals surface area contributed by atoms with Crippen LogP contribution in [-0.2, 0) is 7.05 Å². The van der Waals surface area contributed by atoms with Crippen LogP contribution in [0.15, 0.2) is 152 Å². The zero-order valence-corrected chi connectivity index (χ0v) is 23.1. The molecular weight excluding hydrogens is 516 g/mol. The van der Waals surface area contributed by atoms with Gasteiger partial charge in [-0.05, 0) is 52.6 Å². The van der Waals surface area contributed by atoms with E-state index in [4.69, 9.17) is 4.74 Å². The molecule has 0 N–H and O–H groups in total. The van der Waals surface area contributed by atoms with Gasteiger partial charge in [-0.3, -0.25) is 9.13 Å². The normalized spacial score (nSPS) is 11.0. The van der Waals surface area contributed by atoms with Crippen LogP contribution in [-0.4, -0.2) is 9.13 Å². The largest absolute Gasteiger partial charge is 0.459 e. The Morgan fingerprint density at radius 2 is 1.07 bits per heavy atom. The van der Waals surface area contributed by atoms with Crippen LogP contribution < -0.4 is 13.9 Å². The first-order valence-electron chi connectivity index (χ1n) is 13.8. The number of benzene rings is 5. The van der Waals surface area contributed by atoms with E-state index in [1.807, 2.05) is 93.9 Å². The van der Waals surface area contributed by atoms with Crippen molar-refractivity contribution in [3.05, 3.63) is 165 Å². The molecule has 0 fully saturated rings. The molecule has 5 nitrogen and oxygen atoms in total. The van der Waals surface area contributed by atoms with E-state index >= 15 is 0 Å². The first-order valence-corrected chi connectivity index (χ1v) is 13.8. The van der Waals surface area contributed by atoms with Crippen LogP contribution in [0.2, 0.25) is 0 Å². The summed E-state index contributed by atoms with van der Waals surface area (Å²) in [6.45, 7) is 0. The zero-order chi connectivity index (χ0) is 28.3. The molecule has 0 aliphatic heterocycles. The van der Waals surface area contributed by atoms with E-state index < -0.39 is 0 Å². The van der Waals surface area contributed by atoms with Crippen LogP contribution in [0.3, 0.4) is 0 Å². The second-order valence-corrected chi connectivity index (χ2v) is 10.0. The molecule has 42 heavy (non-hydrogen) atoms. The van der Waals surface area contributed by atoms with E-state index in [1.165, 1.54) is 0 Å². The molecule has 0 bridgehead atoms. The average Bonchev–Trinajstić information content (AvgIpc) is 3.72. The molecule has 0 radical (unpaired) electrons. The molecular formula is C37H28N4O. The summed E-state index contributed by atoms with van der Waals surface area (Å²) in [6.07, 6.45) is 14.8. The van der Waals surface area contributed by atoms with Gasteiger partial charge in [0.25, 0.3) is 6.33 Å².